The van der Waals surface area contributed by atoms with Crippen molar-refractivity contribution in [3.8, 4) is 0 Å². The average molecular weight is 277 g/mol. The van der Waals surface area contributed by atoms with Crippen LogP contribution in [0.25, 0.3) is 0 Å². The molecule has 0 bridgehead atoms. The molecular weight excluding hydrogens is 250 g/mol. The summed E-state index contributed by atoms with van der Waals surface area (Å²) in [5, 5.41) is 3.20. The molecule has 1 N–H and O–H groups in total. The Kier molecular flexibility index (Phi) is 5.99. The van der Waals surface area contributed by atoms with Crippen LogP contribution in [0.2, 0.25) is 0 Å². The molecule has 0 aliphatic carbocycles. The van der Waals surface area contributed by atoms with Gasteiger partial charge in [-0.3, -0.25) is 4.79 Å². The van der Waals surface area contributed by atoms with E-state index >= 15 is 0 Å². The lowest BCUT2D eigenvalue weighted by Crippen LogP contribution is -2.30. The fourth-order valence-corrected chi connectivity index (χ4v) is 2.09. The van der Waals surface area contributed by atoms with Crippen LogP contribution in [-0.2, 0) is 0 Å². The van der Waals surface area contributed by atoms with Gasteiger partial charge in [-0.05, 0) is 30.9 Å². The number of carbonyl (C=O) groups excluding carboxylic acids is 1. The molecule has 0 aliphatic rings. The Morgan fingerprint density at radius 2 is 1.95 bits per heavy atom. The predicted molar refractivity (Wildman–Crippen MR) is 84.3 cm³/mol. The van der Waals surface area contributed by atoms with Crippen LogP contribution in [0, 0.1) is 5.92 Å². The van der Waals surface area contributed by atoms with E-state index in [1.54, 1.807) is 4.90 Å². The van der Waals surface area contributed by atoms with Gasteiger partial charge in [0.15, 0.2) is 0 Å². The van der Waals surface area contributed by atoms with E-state index in [9.17, 15) is 4.79 Å². The minimum atomic E-state index is 0.0575. The molecule has 1 heterocycles. The summed E-state index contributed by atoms with van der Waals surface area (Å²) < 4.78 is 0. The first-order valence-corrected chi connectivity index (χ1v) is 7.36. The van der Waals surface area contributed by atoms with Crippen LogP contribution < -0.4 is 5.32 Å². The summed E-state index contributed by atoms with van der Waals surface area (Å²) in [5.41, 5.74) is 1.66. The highest BCUT2D eigenvalue weighted by atomic mass is 16.2. The fraction of sp³-hybridized carbons (Fsp3) is 0.625. The van der Waals surface area contributed by atoms with E-state index in [4.69, 9.17) is 0 Å². The second kappa shape index (κ2) is 7.27. The Hall–Kier alpha value is -1.58. The zero-order valence-corrected chi connectivity index (χ0v) is 13.5. The highest BCUT2D eigenvalue weighted by molar-refractivity contribution is 5.94. The first kappa shape index (κ1) is 16.5. The summed E-state index contributed by atoms with van der Waals surface area (Å²) in [4.78, 5) is 18.8. The van der Waals surface area contributed by atoms with Gasteiger partial charge in [-0.15, -0.1) is 0 Å². The van der Waals surface area contributed by atoms with Gasteiger partial charge in [0.1, 0.15) is 5.82 Å². The second-order valence-corrected chi connectivity index (χ2v) is 5.93. The number of carbonyl (C=O) groups is 1. The van der Waals surface area contributed by atoms with Crippen molar-refractivity contribution >= 4 is 11.7 Å². The number of pyridine rings is 1. The molecule has 0 radical (unpaired) electrons. The number of hydrogen-bond acceptors (Lipinski definition) is 3. The van der Waals surface area contributed by atoms with Crippen molar-refractivity contribution in [3.05, 3.63) is 23.4 Å². The zero-order chi connectivity index (χ0) is 15.3. The van der Waals surface area contributed by atoms with E-state index in [-0.39, 0.29) is 5.91 Å². The van der Waals surface area contributed by atoms with Crippen molar-refractivity contribution in [1.29, 1.82) is 0 Å². The molecule has 112 valence electrons. The van der Waals surface area contributed by atoms with Gasteiger partial charge in [0.05, 0.1) is 0 Å². The lowest BCUT2D eigenvalue weighted by atomic mass is 10.1. The number of amides is 1. The minimum absolute atomic E-state index is 0.0575. The summed E-state index contributed by atoms with van der Waals surface area (Å²) in [6, 6.07) is 3.75. The molecule has 1 aromatic rings. The van der Waals surface area contributed by atoms with Crippen LogP contribution in [-0.4, -0.2) is 35.9 Å². The Morgan fingerprint density at radius 3 is 2.45 bits per heavy atom. The van der Waals surface area contributed by atoms with Crippen molar-refractivity contribution in [2.75, 3.05) is 25.5 Å². The molecule has 0 aromatic carbocycles. The molecule has 20 heavy (non-hydrogen) atoms. The third-order valence-electron chi connectivity index (χ3n) is 3.03. The van der Waals surface area contributed by atoms with Gasteiger partial charge < -0.3 is 10.2 Å². The van der Waals surface area contributed by atoms with Crippen LogP contribution in [0.1, 0.15) is 56.6 Å². The smallest absolute Gasteiger partial charge is 0.253 e. The van der Waals surface area contributed by atoms with E-state index in [1.807, 2.05) is 26.1 Å². The van der Waals surface area contributed by atoms with Crippen LogP contribution >= 0.6 is 0 Å². The van der Waals surface area contributed by atoms with Crippen LogP contribution in [0.4, 0.5) is 5.82 Å². The molecule has 4 nitrogen and oxygen atoms in total. The van der Waals surface area contributed by atoms with Crippen LogP contribution in [0.15, 0.2) is 12.1 Å². The SMILES string of the molecule is CCNc1cc(C(=O)N(C)CC(C)C)cc(C(C)C)n1. The molecule has 1 amide bonds. The largest absolute Gasteiger partial charge is 0.370 e. The highest BCUT2D eigenvalue weighted by Gasteiger charge is 2.16. The van der Waals surface area contributed by atoms with Gasteiger partial charge in [-0.1, -0.05) is 27.7 Å². The predicted octanol–water partition coefficient (Wildman–Crippen LogP) is 3.36. The molecule has 1 aromatic heterocycles. The number of hydrogen-bond donors (Lipinski definition) is 1. The van der Waals surface area contributed by atoms with Crippen molar-refractivity contribution in [3.63, 3.8) is 0 Å². The Labute approximate surface area is 122 Å². The van der Waals surface area contributed by atoms with E-state index in [0.717, 1.165) is 24.6 Å². The van der Waals surface area contributed by atoms with Crippen molar-refractivity contribution in [2.24, 2.45) is 5.92 Å². The maximum absolute atomic E-state index is 12.5. The maximum atomic E-state index is 12.5. The molecule has 1 rings (SSSR count). The maximum Gasteiger partial charge on any atom is 0.253 e. The molecule has 0 unspecified atom stereocenters. The first-order chi connectivity index (χ1) is 9.35. The monoisotopic (exact) mass is 277 g/mol. The van der Waals surface area contributed by atoms with E-state index in [1.165, 1.54) is 0 Å². The third-order valence-corrected chi connectivity index (χ3v) is 3.03. The number of rotatable bonds is 6. The molecule has 0 spiro atoms. The van der Waals surface area contributed by atoms with E-state index in [0.29, 0.717) is 17.4 Å². The second-order valence-electron chi connectivity index (χ2n) is 5.93. The summed E-state index contributed by atoms with van der Waals surface area (Å²) in [5.74, 6) is 1.60. The van der Waals surface area contributed by atoms with Gasteiger partial charge in [0.2, 0.25) is 0 Å². The van der Waals surface area contributed by atoms with E-state index < -0.39 is 0 Å². The summed E-state index contributed by atoms with van der Waals surface area (Å²) >= 11 is 0. The first-order valence-electron chi connectivity index (χ1n) is 7.36. The lowest BCUT2D eigenvalue weighted by molar-refractivity contribution is 0.0779. The minimum Gasteiger partial charge on any atom is -0.370 e. The molecule has 0 saturated heterocycles. The highest BCUT2D eigenvalue weighted by Crippen LogP contribution is 2.19. The number of nitrogens with one attached hydrogen (secondary N) is 1. The van der Waals surface area contributed by atoms with E-state index in [2.05, 4.69) is 38.0 Å². The fourth-order valence-electron chi connectivity index (χ4n) is 2.09. The molecule has 0 saturated carbocycles. The van der Waals surface area contributed by atoms with Gasteiger partial charge in [-0.25, -0.2) is 4.98 Å². The summed E-state index contributed by atoms with van der Waals surface area (Å²) in [6.45, 7) is 12.0. The molecule has 0 atom stereocenters. The standard InChI is InChI=1S/C16H27N3O/c1-7-17-15-9-13(8-14(18-15)12(4)5)16(20)19(6)10-11(2)3/h8-9,11-12H,7,10H2,1-6H3,(H,17,18). The molecule has 0 aliphatic heterocycles. The van der Waals surface area contributed by atoms with Crippen molar-refractivity contribution in [1.82, 2.24) is 9.88 Å². The van der Waals surface area contributed by atoms with Crippen molar-refractivity contribution in [2.45, 2.75) is 40.5 Å². The third kappa shape index (κ3) is 4.51. The Balaban J connectivity index is 3.06. The zero-order valence-electron chi connectivity index (χ0n) is 13.5. The topological polar surface area (TPSA) is 45.2 Å². The number of nitrogens with zero attached hydrogens (tertiary/aromatic N) is 2. The lowest BCUT2D eigenvalue weighted by Gasteiger charge is -2.20. The van der Waals surface area contributed by atoms with Gasteiger partial charge in [0.25, 0.3) is 5.91 Å². The molecule has 0 fully saturated rings. The average Bonchev–Trinajstić information content (AvgIpc) is 2.37. The summed E-state index contributed by atoms with van der Waals surface area (Å²) in [7, 11) is 1.85. The quantitative estimate of drug-likeness (QED) is 0.867. The van der Waals surface area contributed by atoms with Crippen LogP contribution in [0.3, 0.4) is 0 Å². The number of anilines is 1. The van der Waals surface area contributed by atoms with Gasteiger partial charge in [0, 0.05) is 31.4 Å². The normalized spacial score (nSPS) is 11.0. The van der Waals surface area contributed by atoms with Crippen molar-refractivity contribution < 1.29 is 4.79 Å². The summed E-state index contributed by atoms with van der Waals surface area (Å²) in [6.07, 6.45) is 0. The number of aromatic nitrogens is 1. The molecular formula is C16H27N3O. The van der Waals surface area contributed by atoms with Gasteiger partial charge >= 0.3 is 0 Å². The Morgan fingerprint density at radius 1 is 1.30 bits per heavy atom. The van der Waals surface area contributed by atoms with Crippen LogP contribution in [0.5, 0.6) is 0 Å². The molecule has 4 heteroatoms. The Bertz CT molecular complexity index is 455. The van der Waals surface area contributed by atoms with Gasteiger partial charge in [-0.2, -0.15) is 0 Å².